The summed E-state index contributed by atoms with van der Waals surface area (Å²) in [5.74, 6) is -7.83. The van der Waals surface area contributed by atoms with Crippen LogP contribution in [0.2, 0.25) is 0 Å². The number of nitrogens with one attached hydrogen (secondary N) is 1. The lowest BCUT2D eigenvalue weighted by Gasteiger charge is -2.37. The maximum Gasteiger partial charge on any atom is 0.317 e. The number of aromatic nitrogens is 1. The van der Waals surface area contributed by atoms with E-state index in [1.54, 1.807) is 20.8 Å². The Morgan fingerprint density at radius 1 is 0.766 bits per heavy atom. The van der Waals surface area contributed by atoms with Gasteiger partial charge in [-0.05, 0) is 37.2 Å². The quantitative estimate of drug-likeness (QED) is 0.158. The number of pyridine rings is 1. The molecule has 1 unspecified atom stereocenters. The predicted octanol–water partition coefficient (Wildman–Crippen LogP) is 0.264. The average molecular weight is 925 g/mol. The lowest BCUT2D eigenvalue weighted by atomic mass is 10.1. The van der Waals surface area contributed by atoms with E-state index >= 15 is 0 Å². The molecule has 3 fully saturated rings. The fourth-order valence-corrected chi connectivity index (χ4v) is 8.73. The number of piperazine rings is 1. The Morgan fingerprint density at radius 2 is 1.30 bits per heavy atom. The van der Waals surface area contributed by atoms with E-state index in [2.05, 4.69) is 15.2 Å². The summed E-state index contributed by atoms with van der Waals surface area (Å²) in [6.45, 7) is 4.37. The average Bonchev–Trinajstić information content (AvgIpc) is 3.56. The van der Waals surface area contributed by atoms with Gasteiger partial charge in [-0.2, -0.15) is 3.89 Å². The molecule has 1 atom stereocenters. The maximum atomic E-state index is 14.0. The molecule has 3 aliphatic heterocycles. The van der Waals surface area contributed by atoms with Gasteiger partial charge in [0.05, 0.1) is 50.3 Å². The predicted molar refractivity (Wildman–Crippen MR) is 232 cm³/mol. The minimum absolute atomic E-state index is 0.0724. The van der Waals surface area contributed by atoms with Crippen molar-refractivity contribution in [1.29, 1.82) is 0 Å². The summed E-state index contributed by atoms with van der Waals surface area (Å²) < 4.78 is 40.9. The first kappa shape index (κ1) is 50.2. The van der Waals surface area contributed by atoms with Crippen molar-refractivity contribution in [1.82, 2.24) is 44.6 Å². The number of amides is 3. The van der Waals surface area contributed by atoms with Gasteiger partial charge in [-0.1, -0.05) is 0 Å². The molecule has 4 heterocycles. The molecule has 1 aromatic heterocycles. The summed E-state index contributed by atoms with van der Waals surface area (Å²) in [6.07, 6.45) is 1.64. The SMILES string of the molecule is CN(CCCN1CCN(C(=O)CN2CCN(CC(=O)O)CCN(CC(=O)O)CCN(CC(=O)O)CC2)CC1)c1ccc2nccc(C(=O)NCC(=O)N3CC(F)(F)CC3CSF)c2c1. The summed E-state index contributed by atoms with van der Waals surface area (Å²) in [5.41, 5.74) is 1.64. The number of fused-ring (bicyclic) bond motifs is 1. The van der Waals surface area contributed by atoms with Crippen molar-refractivity contribution in [2.75, 3.05) is 149 Å². The minimum atomic E-state index is -3.12. The molecule has 0 spiro atoms. The Hall–Kier alpha value is -4.81. The number of hydrogen-bond donors (Lipinski definition) is 4. The van der Waals surface area contributed by atoms with Crippen LogP contribution in [-0.4, -0.2) is 246 Å². The van der Waals surface area contributed by atoms with Crippen LogP contribution in [-0.2, 0) is 24.0 Å². The minimum Gasteiger partial charge on any atom is -0.480 e. The molecule has 0 aliphatic carbocycles. The van der Waals surface area contributed by atoms with Gasteiger partial charge >= 0.3 is 17.9 Å². The van der Waals surface area contributed by atoms with Crippen LogP contribution in [0, 0.1) is 0 Å². The van der Waals surface area contributed by atoms with E-state index in [-0.39, 0.29) is 68.6 Å². The highest BCUT2D eigenvalue weighted by molar-refractivity contribution is 7.94. The number of carbonyl (C=O) groups is 6. The van der Waals surface area contributed by atoms with Gasteiger partial charge in [0.15, 0.2) is 0 Å². The van der Waals surface area contributed by atoms with Crippen LogP contribution in [0.15, 0.2) is 30.5 Å². The van der Waals surface area contributed by atoms with Crippen LogP contribution >= 0.6 is 12.1 Å². The molecule has 0 saturated carbocycles. The molecule has 5 rings (SSSR count). The van der Waals surface area contributed by atoms with Crippen LogP contribution < -0.4 is 10.2 Å². The second-order valence-corrected chi connectivity index (χ2v) is 17.1. The molecule has 64 heavy (non-hydrogen) atoms. The van der Waals surface area contributed by atoms with Crippen LogP contribution in [0.4, 0.5) is 18.4 Å². The monoisotopic (exact) mass is 924 g/mol. The number of hydrogen-bond acceptors (Lipinski definition) is 14. The third-order valence-corrected chi connectivity index (χ3v) is 12.3. The number of nitrogens with zero attached hydrogens (tertiary/aromatic N) is 9. The van der Waals surface area contributed by atoms with E-state index in [9.17, 15) is 56.8 Å². The highest BCUT2D eigenvalue weighted by Gasteiger charge is 2.46. The summed E-state index contributed by atoms with van der Waals surface area (Å²) in [5, 5.41) is 31.5. The van der Waals surface area contributed by atoms with Crippen LogP contribution in [0.3, 0.4) is 0 Å². The molecule has 1 aromatic carbocycles. The van der Waals surface area contributed by atoms with Crippen molar-refractivity contribution >= 4 is 64.4 Å². The van der Waals surface area contributed by atoms with E-state index in [1.165, 1.54) is 12.3 Å². The van der Waals surface area contributed by atoms with Gasteiger partial charge in [-0.25, -0.2) is 8.78 Å². The third-order valence-electron chi connectivity index (χ3n) is 11.8. The Kier molecular flexibility index (Phi) is 18.8. The molecule has 4 N–H and O–H groups in total. The second-order valence-electron chi connectivity index (χ2n) is 16.5. The summed E-state index contributed by atoms with van der Waals surface area (Å²) >= 11 is -0.106. The molecule has 23 heteroatoms. The number of alkyl halides is 2. The zero-order chi connectivity index (χ0) is 46.4. The highest BCUT2D eigenvalue weighted by atomic mass is 32.2. The molecule has 354 valence electrons. The molecule has 3 amide bonds. The van der Waals surface area contributed by atoms with Gasteiger partial charge in [0, 0.05) is 140 Å². The van der Waals surface area contributed by atoms with E-state index in [1.807, 2.05) is 33.9 Å². The van der Waals surface area contributed by atoms with E-state index < -0.39 is 61.2 Å². The zero-order valence-corrected chi connectivity index (χ0v) is 36.9. The molecule has 19 nitrogen and oxygen atoms in total. The Labute approximate surface area is 374 Å². The maximum absolute atomic E-state index is 14.0. The van der Waals surface area contributed by atoms with Crippen molar-refractivity contribution in [3.05, 3.63) is 36.0 Å². The van der Waals surface area contributed by atoms with E-state index in [0.717, 1.165) is 23.6 Å². The number of carboxylic acids is 3. The largest absolute Gasteiger partial charge is 0.480 e. The number of rotatable bonds is 18. The van der Waals surface area contributed by atoms with Gasteiger partial charge in [0.25, 0.3) is 11.8 Å². The molecule has 2 aromatic rings. The van der Waals surface area contributed by atoms with Crippen molar-refractivity contribution in [2.45, 2.75) is 24.8 Å². The summed E-state index contributed by atoms with van der Waals surface area (Å²) in [7, 11) is 1.93. The van der Waals surface area contributed by atoms with Crippen molar-refractivity contribution in [3.8, 4) is 0 Å². The van der Waals surface area contributed by atoms with Crippen LogP contribution in [0.1, 0.15) is 23.2 Å². The molecule has 0 radical (unpaired) electrons. The summed E-state index contributed by atoms with van der Waals surface area (Å²) in [6, 6.07) is 6.07. The van der Waals surface area contributed by atoms with Crippen molar-refractivity contribution < 1.29 is 56.8 Å². The first-order chi connectivity index (χ1) is 30.5. The number of benzene rings is 1. The van der Waals surface area contributed by atoms with Gasteiger partial charge < -0.3 is 35.3 Å². The van der Waals surface area contributed by atoms with Crippen molar-refractivity contribution in [3.63, 3.8) is 0 Å². The van der Waals surface area contributed by atoms with E-state index in [0.29, 0.717) is 82.9 Å². The Morgan fingerprint density at radius 3 is 1.83 bits per heavy atom. The normalized spacial score (nSPS) is 20.1. The number of halogens is 3. The number of carbonyl (C=O) groups excluding carboxylic acids is 3. The molecule has 0 bridgehead atoms. The summed E-state index contributed by atoms with van der Waals surface area (Å²) in [4.78, 5) is 92.9. The van der Waals surface area contributed by atoms with E-state index in [4.69, 9.17) is 0 Å². The number of aliphatic carboxylic acids is 3. The van der Waals surface area contributed by atoms with Gasteiger partial charge in [-0.15, -0.1) is 0 Å². The number of anilines is 1. The lowest BCUT2D eigenvalue weighted by molar-refractivity contribution is -0.141. The third kappa shape index (κ3) is 15.4. The highest BCUT2D eigenvalue weighted by Crippen LogP contribution is 2.34. The Balaban J connectivity index is 1.10. The first-order valence-corrected chi connectivity index (χ1v) is 22.2. The zero-order valence-electron chi connectivity index (χ0n) is 36.1. The molecule has 3 saturated heterocycles. The number of carboxylic acid groups (broad SMARTS) is 3. The smallest absolute Gasteiger partial charge is 0.317 e. The topological polar surface area (TPSA) is 214 Å². The molecular weight excluding hydrogens is 866 g/mol. The van der Waals surface area contributed by atoms with Crippen LogP contribution in [0.5, 0.6) is 0 Å². The number of likely N-dealkylation sites (tertiary alicyclic amines) is 1. The van der Waals surface area contributed by atoms with Crippen molar-refractivity contribution in [2.24, 2.45) is 0 Å². The molecule has 3 aliphatic rings. The Bertz CT molecular complexity index is 1920. The van der Waals surface area contributed by atoms with Crippen LogP contribution in [0.25, 0.3) is 10.9 Å². The van der Waals surface area contributed by atoms with Gasteiger partial charge in [0.2, 0.25) is 11.8 Å². The standard InChI is InChI=1S/C41H59F3N10O9S/c1-47(30-3-4-34-33(21-30)32(5-6-45-34)40(63)46-23-35(55)54-29-41(42,43)22-31(54)28-64-44)7-2-8-48-17-19-53(20-18-48)36(56)24-49-9-11-50(25-37(57)58)13-15-52(27-39(61)62)16-14-51(12-10-49)26-38(59)60/h3-6,21,31H,2,7-20,22-29H2,1H3,(H,46,63)(H,57,58)(H,59,60)(H,61,62). The molecular formula is C41H59F3N10O9S. The fraction of sp³-hybridized carbons (Fsp3) is 0.634. The van der Waals surface area contributed by atoms with Gasteiger partial charge in [0.1, 0.15) is 0 Å². The van der Waals surface area contributed by atoms with Gasteiger partial charge in [-0.3, -0.25) is 58.3 Å². The first-order valence-electron chi connectivity index (χ1n) is 21.3. The lowest BCUT2D eigenvalue weighted by Crippen LogP contribution is -2.53. The second kappa shape index (κ2) is 23.9. The fourth-order valence-electron chi connectivity index (χ4n) is 8.29.